The molecule has 0 bridgehead atoms. The Labute approximate surface area is 193 Å². The second-order valence-electron chi connectivity index (χ2n) is 8.53. The van der Waals surface area contributed by atoms with Gasteiger partial charge in [0.15, 0.2) is 0 Å². The Morgan fingerprint density at radius 1 is 1.09 bits per heavy atom. The average Bonchev–Trinajstić information content (AvgIpc) is 3.50. The topological polar surface area (TPSA) is 98.1 Å². The number of fused-ring (bicyclic) bond motifs is 1. The van der Waals surface area contributed by atoms with Gasteiger partial charge >= 0.3 is 0 Å². The number of hydrogen-bond acceptors (Lipinski definition) is 6. The van der Waals surface area contributed by atoms with E-state index in [9.17, 15) is 0 Å². The number of nitrogens with two attached hydrogens (primary N) is 1. The molecule has 2 aromatic carbocycles. The summed E-state index contributed by atoms with van der Waals surface area (Å²) < 4.78 is 12.0. The molecule has 1 fully saturated rings. The molecule has 0 amide bonds. The highest BCUT2D eigenvalue weighted by Gasteiger charge is 2.22. The SMILES string of the molecule is COc1cc(CN)ccc1Nc1nc(OC2CCCC2)c2c(-c3ccc(C)cc3)c[nH]c2n1. The molecule has 1 saturated carbocycles. The van der Waals surface area contributed by atoms with Gasteiger partial charge in [-0.1, -0.05) is 35.9 Å². The van der Waals surface area contributed by atoms with E-state index in [1.165, 1.54) is 18.4 Å². The highest BCUT2D eigenvalue weighted by Crippen LogP contribution is 2.37. The van der Waals surface area contributed by atoms with Crippen molar-refractivity contribution in [3.63, 3.8) is 0 Å². The maximum absolute atomic E-state index is 6.45. The minimum Gasteiger partial charge on any atom is -0.495 e. The highest BCUT2D eigenvalue weighted by molar-refractivity contribution is 5.97. The zero-order valence-electron chi connectivity index (χ0n) is 19.0. The van der Waals surface area contributed by atoms with E-state index in [2.05, 4.69) is 41.5 Å². The van der Waals surface area contributed by atoms with Gasteiger partial charge in [0, 0.05) is 18.3 Å². The lowest BCUT2D eigenvalue weighted by atomic mass is 10.0. The van der Waals surface area contributed by atoms with Crippen molar-refractivity contribution in [1.29, 1.82) is 0 Å². The van der Waals surface area contributed by atoms with E-state index in [0.717, 1.165) is 46.3 Å². The lowest BCUT2D eigenvalue weighted by molar-refractivity contribution is 0.204. The van der Waals surface area contributed by atoms with Crippen LogP contribution in [0.25, 0.3) is 22.2 Å². The molecule has 1 aliphatic rings. The van der Waals surface area contributed by atoms with E-state index in [4.69, 9.17) is 25.2 Å². The predicted octanol–water partition coefficient (Wildman–Crippen LogP) is 5.47. The van der Waals surface area contributed by atoms with Crippen LogP contribution in [0.15, 0.2) is 48.7 Å². The Kier molecular flexibility index (Phi) is 5.88. The van der Waals surface area contributed by atoms with E-state index in [1.807, 2.05) is 24.4 Å². The first kappa shape index (κ1) is 21.3. The Balaban J connectivity index is 1.57. The van der Waals surface area contributed by atoms with E-state index in [0.29, 0.717) is 24.1 Å². The molecule has 0 unspecified atom stereocenters. The summed E-state index contributed by atoms with van der Waals surface area (Å²) in [5, 5.41) is 4.21. The number of benzene rings is 2. The lowest BCUT2D eigenvalue weighted by Gasteiger charge is -2.16. The molecule has 4 aromatic rings. The number of H-pyrrole nitrogens is 1. The van der Waals surface area contributed by atoms with Crippen molar-refractivity contribution in [3.05, 3.63) is 59.8 Å². The van der Waals surface area contributed by atoms with Crippen LogP contribution in [0.5, 0.6) is 11.6 Å². The molecule has 2 heterocycles. The van der Waals surface area contributed by atoms with E-state index < -0.39 is 0 Å². The zero-order chi connectivity index (χ0) is 22.8. The number of hydrogen-bond donors (Lipinski definition) is 3. The van der Waals surface area contributed by atoms with Gasteiger partial charge < -0.3 is 25.5 Å². The van der Waals surface area contributed by atoms with Crippen molar-refractivity contribution >= 4 is 22.7 Å². The third kappa shape index (κ3) is 4.36. The smallest absolute Gasteiger partial charge is 0.232 e. The van der Waals surface area contributed by atoms with Crippen molar-refractivity contribution in [1.82, 2.24) is 15.0 Å². The monoisotopic (exact) mass is 443 g/mol. The van der Waals surface area contributed by atoms with Crippen LogP contribution in [0, 0.1) is 6.92 Å². The quantitative estimate of drug-likeness (QED) is 0.351. The van der Waals surface area contributed by atoms with Crippen molar-refractivity contribution in [2.45, 2.75) is 45.3 Å². The van der Waals surface area contributed by atoms with E-state index >= 15 is 0 Å². The number of rotatable bonds is 7. The predicted molar refractivity (Wildman–Crippen MR) is 131 cm³/mol. The van der Waals surface area contributed by atoms with Crippen LogP contribution in [0.3, 0.4) is 0 Å². The van der Waals surface area contributed by atoms with Crippen molar-refractivity contribution in [3.8, 4) is 22.8 Å². The van der Waals surface area contributed by atoms with E-state index in [1.54, 1.807) is 7.11 Å². The standard InChI is InChI=1S/C26H29N5O2/c1-16-7-10-18(11-8-16)20-15-28-24-23(20)25(33-19-5-3-4-6-19)31-26(30-24)29-21-12-9-17(14-27)13-22(21)32-2/h7-13,15,19H,3-6,14,27H2,1-2H3,(H2,28,29,30,31). The second-order valence-corrected chi connectivity index (χ2v) is 8.53. The number of methoxy groups -OCH3 is 1. The summed E-state index contributed by atoms with van der Waals surface area (Å²) in [5.74, 6) is 1.74. The summed E-state index contributed by atoms with van der Waals surface area (Å²) in [6.45, 7) is 2.53. The van der Waals surface area contributed by atoms with Gasteiger partial charge in [0.1, 0.15) is 17.5 Å². The van der Waals surface area contributed by atoms with Gasteiger partial charge in [-0.15, -0.1) is 0 Å². The molecule has 0 atom stereocenters. The van der Waals surface area contributed by atoms with Gasteiger partial charge in [-0.3, -0.25) is 0 Å². The van der Waals surface area contributed by atoms with Crippen molar-refractivity contribution < 1.29 is 9.47 Å². The number of aromatic amines is 1. The van der Waals surface area contributed by atoms with Crippen LogP contribution in [-0.2, 0) is 6.54 Å². The Morgan fingerprint density at radius 3 is 2.61 bits per heavy atom. The van der Waals surface area contributed by atoms with Crippen LogP contribution in [-0.4, -0.2) is 28.2 Å². The first-order chi connectivity index (χ1) is 16.1. The van der Waals surface area contributed by atoms with Gasteiger partial charge in [-0.05, 0) is 55.9 Å². The van der Waals surface area contributed by atoms with E-state index in [-0.39, 0.29) is 6.10 Å². The molecule has 170 valence electrons. The lowest BCUT2D eigenvalue weighted by Crippen LogP contribution is -2.13. The Bertz CT molecular complexity index is 1260. The average molecular weight is 444 g/mol. The van der Waals surface area contributed by atoms with Gasteiger partial charge in [0.2, 0.25) is 11.8 Å². The molecule has 2 aromatic heterocycles. The fraction of sp³-hybridized carbons (Fsp3) is 0.308. The number of anilines is 2. The van der Waals surface area contributed by atoms with Crippen molar-refractivity contribution in [2.75, 3.05) is 12.4 Å². The van der Waals surface area contributed by atoms with Gasteiger partial charge in [0.25, 0.3) is 0 Å². The Morgan fingerprint density at radius 2 is 1.88 bits per heavy atom. The van der Waals surface area contributed by atoms with Gasteiger partial charge in [-0.2, -0.15) is 9.97 Å². The molecule has 7 heteroatoms. The van der Waals surface area contributed by atoms with Crippen LogP contribution < -0.4 is 20.5 Å². The first-order valence-corrected chi connectivity index (χ1v) is 11.4. The highest BCUT2D eigenvalue weighted by atomic mass is 16.5. The fourth-order valence-electron chi connectivity index (χ4n) is 4.35. The molecule has 0 aliphatic heterocycles. The number of nitrogens with zero attached hydrogens (tertiary/aromatic N) is 2. The van der Waals surface area contributed by atoms with Crippen LogP contribution in [0.2, 0.25) is 0 Å². The maximum atomic E-state index is 6.45. The number of aryl methyl sites for hydroxylation is 1. The summed E-state index contributed by atoms with van der Waals surface area (Å²) in [6, 6.07) is 14.3. The molecular weight excluding hydrogens is 414 g/mol. The number of nitrogens with one attached hydrogen (secondary N) is 2. The summed E-state index contributed by atoms with van der Waals surface area (Å²) in [7, 11) is 1.64. The molecule has 33 heavy (non-hydrogen) atoms. The zero-order valence-corrected chi connectivity index (χ0v) is 19.0. The van der Waals surface area contributed by atoms with Gasteiger partial charge in [-0.25, -0.2) is 0 Å². The molecule has 0 spiro atoms. The summed E-state index contributed by atoms with van der Waals surface area (Å²) >= 11 is 0. The third-order valence-electron chi connectivity index (χ3n) is 6.19. The summed E-state index contributed by atoms with van der Waals surface area (Å²) in [4.78, 5) is 12.9. The first-order valence-electron chi connectivity index (χ1n) is 11.4. The molecule has 1 aliphatic carbocycles. The summed E-state index contributed by atoms with van der Waals surface area (Å²) in [6.07, 6.45) is 6.63. The minimum absolute atomic E-state index is 0.176. The number of ether oxygens (including phenoxy) is 2. The van der Waals surface area contributed by atoms with Gasteiger partial charge in [0.05, 0.1) is 18.2 Å². The fourth-order valence-corrected chi connectivity index (χ4v) is 4.35. The molecule has 0 saturated heterocycles. The van der Waals surface area contributed by atoms with Crippen LogP contribution in [0.1, 0.15) is 36.8 Å². The maximum Gasteiger partial charge on any atom is 0.232 e. The molecule has 4 N–H and O–H groups in total. The van der Waals surface area contributed by atoms with Crippen LogP contribution in [0.4, 0.5) is 11.6 Å². The molecule has 0 radical (unpaired) electrons. The number of aromatic nitrogens is 3. The molecule has 7 nitrogen and oxygen atoms in total. The Hall–Kier alpha value is -3.58. The largest absolute Gasteiger partial charge is 0.495 e. The van der Waals surface area contributed by atoms with Crippen LogP contribution >= 0.6 is 0 Å². The summed E-state index contributed by atoms with van der Waals surface area (Å²) in [5.41, 5.74) is 11.6. The third-order valence-corrected chi connectivity index (χ3v) is 6.19. The molecule has 5 rings (SSSR count). The molecular formula is C26H29N5O2. The van der Waals surface area contributed by atoms with Crippen molar-refractivity contribution in [2.24, 2.45) is 5.73 Å². The minimum atomic E-state index is 0.176. The second kappa shape index (κ2) is 9.11. The normalized spacial score (nSPS) is 14.0.